The molecule has 0 saturated carbocycles. The first kappa shape index (κ1) is 55.9. The predicted molar refractivity (Wildman–Crippen MR) is 198 cm³/mol. The van der Waals surface area contributed by atoms with E-state index in [2.05, 4.69) is 41.2 Å². The molecular weight excluding hydrogens is 808 g/mol. The van der Waals surface area contributed by atoms with Crippen molar-refractivity contribution in [2.75, 3.05) is 26.2 Å². The van der Waals surface area contributed by atoms with Crippen molar-refractivity contribution < 1.29 is 75.9 Å². The van der Waals surface area contributed by atoms with Gasteiger partial charge in [-0.05, 0) is 51.6 Å². The molecule has 57 heavy (non-hydrogen) atoms. The molecule has 0 fully saturated rings. The second-order valence-corrected chi connectivity index (χ2v) is 11.6. The van der Waals surface area contributed by atoms with E-state index >= 15 is 0 Å². The fraction of sp³-hybridized carbons (Fsp3) is 0.562. The first-order valence-corrected chi connectivity index (χ1v) is 17.2. The molecule has 2 heterocycles. The van der Waals surface area contributed by atoms with Crippen LogP contribution in [0.4, 0.5) is 0 Å². The van der Waals surface area contributed by atoms with Gasteiger partial charge in [0.15, 0.2) is 0 Å². The number of rotatable bonds is 22. The van der Waals surface area contributed by atoms with Crippen LogP contribution in [-0.2, 0) is 68.3 Å². The fourth-order valence-corrected chi connectivity index (χ4v) is 4.20. The summed E-state index contributed by atoms with van der Waals surface area (Å²) in [5.74, 6) is -6.14. The van der Waals surface area contributed by atoms with Gasteiger partial charge in [-0.2, -0.15) is 0 Å². The summed E-state index contributed by atoms with van der Waals surface area (Å²) in [6, 6.07) is -3.97. The van der Waals surface area contributed by atoms with Gasteiger partial charge >= 0.3 is 29.0 Å². The van der Waals surface area contributed by atoms with Crippen LogP contribution in [0.2, 0.25) is 0 Å². The zero-order chi connectivity index (χ0) is 43.1. The SMILES string of the molecule is CC(=O)O.CC(=O)O.NCCCC[C@H](NC(=O)[C@H](Cc1cnc[nH]1)NC(=O)CN)C(=O)O.NCCCC[C@H](NC(=O)[C@H](Cc1cnc[nH]1)NC(=O)CN)C(=O)O.[Cu+2]. The third-order valence-electron chi connectivity index (χ3n) is 6.76. The van der Waals surface area contributed by atoms with Gasteiger partial charge < -0.3 is 74.6 Å². The number of nitrogens with one attached hydrogen (secondary N) is 6. The van der Waals surface area contributed by atoms with Crippen LogP contribution in [0.1, 0.15) is 63.8 Å². The normalized spacial score (nSPS) is 11.9. The number of H-pyrrole nitrogens is 2. The second-order valence-electron chi connectivity index (χ2n) is 11.6. The number of carbonyl (C=O) groups is 8. The van der Waals surface area contributed by atoms with Gasteiger partial charge in [-0.3, -0.25) is 28.8 Å². The number of aromatic amines is 2. The number of imidazole rings is 2. The Morgan fingerprint density at radius 3 is 1.12 bits per heavy atom. The average molecular weight is 864 g/mol. The number of hydrogen-bond acceptors (Lipinski definition) is 14. The summed E-state index contributed by atoms with van der Waals surface area (Å²) in [4.78, 5) is 102. The second kappa shape index (κ2) is 33.8. The van der Waals surface area contributed by atoms with Crippen LogP contribution in [0, 0.1) is 0 Å². The number of aromatic nitrogens is 4. The van der Waals surface area contributed by atoms with Crippen molar-refractivity contribution in [3.63, 3.8) is 0 Å². The van der Waals surface area contributed by atoms with Crippen LogP contribution in [0.3, 0.4) is 0 Å². The van der Waals surface area contributed by atoms with Crippen molar-refractivity contribution in [3.8, 4) is 0 Å². The summed E-state index contributed by atoms with van der Waals surface area (Å²) in [5.41, 5.74) is 22.5. The standard InChI is InChI=1S/2C14H24N6O4.2C2H4O2.Cu/c2*15-4-2-1-3-10(14(23)24)20-13(22)11(19-12(21)6-16)5-9-7-17-8-18-9;2*1-2(3)4;/h2*7-8,10-11H,1-6,15-16H2,(H,17,18)(H,19,21)(H,20,22)(H,23,24);2*1H3,(H,3,4);/q;;;;+2/t2*10-,11-;;;/m00.../s1. The van der Waals surface area contributed by atoms with Crippen LogP contribution >= 0.6 is 0 Å². The van der Waals surface area contributed by atoms with E-state index in [4.69, 9.17) is 42.7 Å². The Hall–Kier alpha value is -5.46. The smallest absolute Gasteiger partial charge is 0.481 e. The third-order valence-corrected chi connectivity index (χ3v) is 6.76. The minimum atomic E-state index is -1.13. The molecular formula is C32H56CuN12O12+2. The summed E-state index contributed by atoms with van der Waals surface area (Å²) in [6.45, 7) is 2.53. The Bertz CT molecular complexity index is 1350. The number of amides is 4. The molecule has 0 aliphatic carbocycles. The number of unbranched alkanes of at least 4 members (excludes halogenated alkanes) is 2. The van der Waals surface area contributed by atoms with Crippen molar-refractivity contribution in [1.82, 2.24) is 41.2 Å². The summed E-state index contributed by atoms with van der Waals surface area (Å²) in [6.07, 6.45) is 9.24. The van der Waals surface area contributed by atoms with Gasteiger partial charge in [-0.15, -0.1) is 0 Å². The Balaban J connectivity index is -0.000000847. The van der Waals surface area contributed by atoms with Crippen molar-refractivity contribution >= 4 is 47.5 Å². The van der Waals surface area contributed by atoms with Crippen LogP contribution in [0.5, 0.6) is 0 Å². The van der Waals surface area contributed by atoms with Gasteiger partial charge in [0.1, 0.15) is 24.2 Å². The quantitative estimate of drug-likeness (QED) is 0.0401. The van der Waals surface area contributed by atoms with Crippen molar-refractivity contribution in [1.29, 1.82) is 0 Å². The first-order valence-electron chi connectivity index (χ1n) is 17.2. The molecule has 325 valence electrons. The molecule has 2 aromatic rings. The van der Waals surface area contributed by atoms with E-state index in [0.29, 0.717) is 50.2 Å². The van der Waals surface area contributed by atoms with Crippen molar-refractivity contribution in [3.05, 3.63) is 36.4 Å². The number of aliphatic carboxylic acids is 4. The van der Waals surface area contributed by atoms with E-state index in [1.54, 1.807) is 0 Å². The van der Waals surface area contributed by atoms with Crippen LogP contribution in [-0.4, -0.2) is 138 Å². The topological polar surface area (TPSA) is 427 Å². The van der Waals surface area contributed by atoms with Crippen LogP contribution < -0.4 is 44.2 Å². The molecule has 0 bridgehead atoms. The van der Waals surface area contributed by atoms with Gasteiger partial charge in [0.25, 0.3) is 11.9 Å². The summed E-state index contributed by atoms with van der Waals surface area (Å²) < 4.78 is 0. The van der Waals surface area contributed by atoms with E-state index in [1.807, 2.05) is 0 Å². The molecule has 0 unspecified atom stereocenters. The molecule has 4 atom stereocenters. The molecule has 0 spiro atoms. The Morgan fingerprint density at radius 2 is 0.895 bits per heavy atom. The minimum absolute atomic E-state index is 0. The third kappa shape index (κ3) is 30.4. The van der Waals surface area contributed by atoms with Gasteiger partial charge in [0, 0.05) is 50.5 Å². The summed E-state index contributed by atoms with van der Waals surface area (Å²) in [7, 11) is 0. The first-order chi connectivity index (χ1) is 26.4. The van der Waals surface area contributed by atoms with E-state index in [1.165, 1.54) is 25.0 Å². The molecule has 18 N–H and O–H groups in total. The molecule has 0 aromatic carbocycles. The van der Waals surface area contributed by atoms with Crippen LogP contribution in [0.25, 0.3) is 0 Å². The summed E-state index contributed by atoms with van der Waals surface area (Å²) in [5, 5.41) is 43.1. The Labute approximate surface area is 338 Å². The molecule has 1 radical (unpaired) electrons. The number of carboxylic acids is 4. The average Bonchev–Trinajstić information content (AvgIpc) is 3.84. The largest absolute Gasteiger partial charge is 2.00 e. The molecule has 24 nitrogen and oxygen atoms in total. The molecule has 0 aliphatic rings. The number of nitrogens with two attached hydrogens (primary N) is 4. The van der Waals surface area contributed by atoms with E-state index in [-0.39, 0.29) is 55.8 Å². The maximum absolute atomic E-state index is 12.4. The monoisotopic (exact) mass is 863 g/mol. The van der Waals surface area contributed by atoms with Crippen LogP contribution in [0.15, 0.2) is 25.0 Å². The number of nitrogens with zero attached hydrogens (tertiary/aromatic N) is 2. The summed E-state index contributed by atoms with van der Waals surface area (Å²) >= 11 is 0. The molecule has 2 aromatic heterocycles. The molecule has 0 saturated heterocycles. The van der Waals surface area contributed by atoms with E-state index < -0.39 is 71.7 Å². The predicted octanol–water partition coefficient (Wildman–Crippen LogP) is -3.63. The molecule has 0 aliphatic heterocycles. The zero-order valence-corrected chi connectivity index (χ0v) is 32.6. The van der Waals surface area contributed by atoms with Gasteiger partial charge in [0.05, 0.1) is 25.7 Å². The van der Waals surface area contributed by atoms with Crippen molar-refractivity contribution in [2.45, 2.75) is 89.4 Å². The molecule has 4 amide bonds. The zero-order valence-electron chi connectivity index (χ0n) is 31.7. The number of hydrogen-bond donors (Lipinski definition) is 14. The van der Waals surface area contributed by atoms with Gasteiger partial charge in [0.2, 0.25) is 23.6 Å². The van der Waals surface area contributed by atoms with Gasteiger partial charge in [-0.1, -0.05) is 0 Å². The molecule has 2 rings (SSSR count). The minimum Gasteiger partial charge on any atom is -0.481 e. The molecule has 25 heteroatoms. The number of carbonyl (C=O) groups excluding carboxylic acids is 4. The fourth-order valence-electron chi connectivity index (χ4n) is 4.20. The Morgan fingerprint density at radius 1 is 0.579 bits per heavy atom. The maximum Gasteiger partial charge on any atom is 2.00 e. The van der Waals surface area contributed by atoms with Gasteiger partial charge in [-0.25, -0.2) is 19.6 Å². The Kier molecular flexibility index (Phi) is 33.2. The van der Waals surface area contributed by atoms with E-state index in [0.717, 1.165) is 13.8 Å². The maximum atomic E-state index is 12.4. The van der Waals surface area contributed by atoms with Crippen molar-refractivity contribution in [2.24, 2.45) is 22.9 Å². The number of carboxylic acid groups (broad SMARTS) is 4. The van der Waals surface area contributed by atoms with E-state index in [9.17, 15) is 39.0 Å².